The second-order valence-electron chi connectivity index (χ2n) is 7.61. The van der Waals surface area contributed by atoms with Crippen molar-refractivity contribution < 1.29 is 9.53 Å². The van der Waals surface area contributed by atoms with E-state index in [-0.39, 0.29) is 11.8 Å². The first-order valence-corrected chi connectivity index (χ1v) is 12.0. The number of carbonyl (C=O) groups is 1. The Morgan fingerprint density at radius 1 is 1.21 bits per heavy atom. The average molecular weight is 340 g/mol. The molecule has 1 aliphatic heterocycles. The van der Waals surface area contributed by atoms with Gasteiger partial charge in [-0.2, -0.15) is 0 Å². The van der Waals surface area contributed by atoms with Gasteiger partial charge in [-0.3, -0.25) is 4.79 Å². The first kappa shape index (κ1) is 16.8. The maximum Gasteiger partial charge on any atom is 0.225 e. The molecule has 1 amide bonds. The summed E-state index contributed by atoms with van der Waals surface area (Å²) in [5.74, 6) is 1.22. The lowest BCUT2D eigenvalue weighted by atomic mass is 9.96. The molecule has 0 spiro atoms. The van der Waals surface area contributed by atoms with E-state index in [0.29, 0.717) is 13.0 Å². The highest BCUT2D eigenvalue weighted by Crippen LogP contribution is 2.36. The molecule has 1 atom stereocenters. The van der Waals surface area contributed by atoms with Crippen molar-refractivity contribution >= 4 is 24.9 Å². The molecule has 2 aromatic carbocycles. The van der Waals surface area contributed by atoms with Crippen molar-refractivity contribution in [3.8, 4) is 5.75 Å². The highest BCUT2D eigenvalue weighted by molar-refractivity contribution is 6.89. The van der Waals surface area contributed by atoms with E-state index in [1.165, 1.54) is 16.3 Å². The zero-order valence-electron chi connectivity index (χ0n) is 14.8. The molecule has 1 aliphatic rings. The number of aryl methyl sites for hydroxylation is 1. The van der Waals surface area contributed by atoms with Gasteiger partial charge in [-0.25, -0.2) is 0 Å². The molecule has 0 radical (unpaired) electrons. The Kier molecular flexibility index (Phi) is 4.50. The minimum absolute atomic E-state index is 0.0405. The minimum atomic E-state index is -1.48. The SMILES string of the molecule is Cc1cc2c(c([Si](C)(C)C)c1)OC[C@@H]2CC(=O)Nc1ccccc1. The Morgan fingerprint density at radius 2 is 1.92 bits per heavy atom. The number of nitrogens with one attached hydrogen (secondary N) is 1. The third-order valence-corrected chi connectivity index (χ3v) is 6.42. The smallest absolute Gasteiger partial charge is 0.225 e. The van der Waals surface area contributed by atoms with Crippen molar-refractivity contribution in [2.24, 2.45) is 0 Å². The van der Waals surface area contributed by atoms with Gasteiger partial charge in [0.2, 0.25) is 5.91 Å². The van der Waals surface area contributed by atoms with Crippen molar-refractivity contribution in [1.82, 2.24) is 0 Å². The van der Waals surface area contributed by atoms with Gasteiger partial charge in [-0.1, -0.05) is 55.5 Å². The molecule has 126 valence electrons. The van der Waals surface area contributed by atoms with E-state index in [1.807, 2.05) is 30.3 Å². The maximum absolute atomic E-state index is 12.4. The lowest BCUT2D eigenvalue weighted by molar-refractivity contribution is -0.116. The van der Waals surface area contributed by atoms with Gasteiger partial charge in [0.15, 0.2) is 0 Å². The van der Waals surface area contributed by atoms with Crippen molar-refractivity contribution in [3.63, 3.8) is 0 Å². The standard InChI is InChI=1S/C20H25NO2Si/c1-14-10-17-15(12-19(22)21-16-8-6-5-7-9-16)13-23-20(17)18(11-14)24(2,3)4/h5-11,15H,12-13H2,1-4H3,(H,21,22)/t15-/m0/s1. The predicted molar refractivity (Wildman–Crippen MR) is 102 cm³/mol. The number of rotatable bonds is 4. The zero-order chi connectivity index (χ0) is 17.3. The van der Waals surface area contributed by atoms with E-state index in [0.717, 1.165) is 11.4 Å². The summed E-state index contributed by atoms with van der Waals surface area (Å²) in [4.78, 5) is 12.4. The molecule has 24 heavy (non-hydrogen) atoms. The summed E-state index contributed by atoms with van der Waals surface area (Å²) in [7, 11) is -1.48. The van der Waals surface area contributed by atoms with Gasteiger partial charge >= 0.3 is 0 Å². The molecular weight excluding hydrogens is 314 g/mol. The molecule has 0 fully saturated rings. The number of hydrogen-bond donors (Lipinski definition) is 1. The van der Waals surface area contributed by atoms with E-state index >= 15 is 0 Å². The lowest BCUT2D eigenvalue weighted by Crippen LogP contribution is -2.38. The van der Waals surface area contributed by atoms with Gasteiger partial charge in [0.05, 0.1) is 14.7 Å². The largest absolute Gasteiger partial charge is 0.493 e. The van der Waals surface area contributed by atoms with Crippen LogP contribution in [0.25, 0.3) is 0 Å². The fourth-order valence-corrected chi connectivity index (χ4v) is 4.78. The van der Waals surface area contributed by atoms with Crippen LogP contribution in [-0.4, -0.2) is 20.6 Å². The van der Waals surface area contributed by atoms with Gasteiger partial charge in [0.1, 0.15) is 5.75 Å². The van der Waals surface area contributed by atoms with Crippen LogP contribution in [0.3, 0.4) is 0 Å². The van der Waals surface area contributed by atoms with Crippen molar-refractivity contribution in [2.75, 3.05) is 11.9 Å². The van der Waals surface area contributed by atoms with Crippen LogP contribution in [0.1, 0.15) is 23.5 Å². The summed E-state index contributed by atoms with van der Waals surface area (Å²) in [6.07, 6.45) is 0.455. The monoisotopic (exact) mass is 339 g/mol. The van der Waals surface area contributed by atoms with Crippen LogP contribution in [0.15, 0.2) is 42.5 Å². The average Bonchev–Trinajstić information content (AvgIpc) is 2.89. The molecule has 0 aromatic heterocycles. The lowest BCUT2D eigenvalue weighted by Gasteiger charge is -2.21. The topological polar surface area (TPSA) is 38.3 Å². The van der Waals surface area contributed by atoms with Crippen molar-refractivity contribution in [3.05, 3.63) is 53.6 Å². The molecule has 4 heteroatoms. The van der Waals surface area contributed by atoms with Gasteiger partial charge < -0.3 is 10.1 Å². The molecule has 0 unspecified atom stereocenters. The van der Waals surface area contributed by atoms with E-state index in [9.17, 15) is 4.79 Å². The predicted octanol–water partition coefficient (Wildman–Crippen LogP) is 4.05. The number of ether oxygens (including phenoxy) is 1. The van der Waals surface area contributed by atoms with Gasteiger partial charge in [-0.05, 0) is 24.2 Å². The van der Waals surface area contributed by atoms with E-state index < -0.39 is 8.07 Å². The minimum Gasteiger partial charge on any atom is -0.493 e. The first-order valence-electron chi connectivity index (χ1n) is 8.47. The Hall–Kier alpha value is -2.07. The molecule has 0 saturated carbocycles. The van der Waals surface area contributed by atoms with E-state index in [2.05, 4.69) is 44.0 Å². The molecule has 3 nitrogen and oxygen atoms in total. The summed E-state index contributed by atoms with van der Waals surface area (Å²) in [5.41, 5.74) is 3.30. The van der Waals surface area contributed by atoms with Crippen LogP contribution in [0.5, 0.6) is 5.75 Å². The van der Waals surface area contributed by atoms with Gasteiger partial charge in [-0.15, -0.1) is 0 Å². The molecular formula is C20H25NO2Si. The summed E-state index contributed by atoms with van der Waals surface area (Å²) < 4.78 is 6.03. The number of fused-ring (bicyclic) bond motifs is 1. The van der Waals surface area contributed by atoms with Crippen molar-refractivity contribution in [2.45, 2.75) is 38.9 Å². The fraction of sp³-hybridized carbons (Fsp3) is 0.350. The Labute approximate surface area is 145 Å². The van der Waals surface area contributed by atoms with Crippen LogP contribution in [-0.2, 0) is 4.79 Å². The highest BCUT2D eigenvalue weighted by Gasteiger charge is 2.32. The summed E-state index contributed by atoms with van der Waals surface area (Å²) in [6, 6.07) is 14.1. The van der Waals surface area contributed by atoms with Crippen LogP contribution >= 0.6 is 0 Å². The third kappa shape index (κ3) is 3.54. The third-order valence-electron chi connectivity index (χ3n) is 4.43. The van der Waals surface area contributed by atoms with Crippen molar-refractivity contribution in [1.29, 1.82) is 0 Å². The highest BCUT2D eigenvalue weighted by atomic mass is 28.3. The molecule has 1 heterocycles. The number of hydrogen-bond acceptors (Lipinski definition) is 2. The Bertz CT molecular complexity index is 750. The van der Waals surface area contributed by atoms with Gasteiger partial charge in [0, 0.05) is 23.6 Å². The van der Waals surface area contributed by atoms with Crippen LogP contribution in [0, 0.1) is 6.92 Å². The molecule has 0 saturated heterocycles. The number of amides is 1. The summed E-state index contributed by atoms with van der Waals surface area (Å²) >= 11 is 0. The fourth-order valence-electron chi connectivity index (χ4n) is 3.22. The summed E-state index contributed by atoms with van der Waals surface area (Å²) in [5, 5.41) is 4.34. The van der Waals surface area contributed by atoms with Crippen LogP contribution in [0.4, 0.5) is 5.69 Å². The second-order valence-corrected chi connectivity index (χ2v) is 12.6. The number of para-hydroxylation sites is 1. The van der Waals surface area contributed by atoms with Gasteiger partial charge in [0.25, 0.3) is 0 Å². The molecule has 2 aromatic rings. The second kappa shape index (κ2) is 6.44. The zero-order valence-corrected chi connectivity index (χ0v) is 15.8. The summed E-state index contributed by atoms with van der Waals surface area (Å²) in [6.45, 7) is 9.73. The number of carbonyl (C=O) groups excluding carboxylic acids is 1. The number of benzene rings is 2. The molecule has 3 rings (SSSR count). The Morgan fingerprint density at radius 3 is 2.58 bits per heavy atom. The van der Waals surface area contributed by atoms with Crippen LogP contribution in [0.2, 0.25) is 19.6 Å². The first-order chi connectivity index (χ1) is 11.3. The van der Waals surface area contributed by atoms with E-state index in [4.69, 9.17) is 4.74 Å². The quantitative estimate of drug-likeness (QED) is 0.854. The normalized spacial score (nSPS) is 16.4. The van der Waals surface area contributed by atoms with Crippen LogP contribution < -0.4 is 15.2 Å². The Balaban J connectivity index is 1.80. The molecule has 0 aliphatic carbocycles. The maximum atomic E-state index is 12.4. The molecule has 1 N–H and O–H groups in total. The van der Waals surface area contributed by atoms with E-state index in [1.54, 1.807) is 0 Å². The number of anilines is 1. The molecule has 0 bridgehead atoms.